The molecule has 0 saturated heterocycles. The largest absolute Gasteiger partial charge is 0.421 e. The number of nitrogen functional groups attached to an aromatic ring is 1. The first-order valence-electron chi connectivity index (χ1n) is 7.26. The number of hydrogen-bond acceptors (Lipinski definition) is 6. The lowest BCUT2D eigenvalue weighted by molar-refractivity contribution is 0.409. The van der Waals surface area contributed by atoms with Crippen LogP contribution in [0.5, 0.6) is 11.8 Å². The number of H-pyrrole nitrogens is 1. The van der Waals surface area contributed by atoms with Gasteiger partial charge < -0.3 is 10.5 Å². The van der Waals surface area contributed by atoms with E-state index in [-0.39, 0.29) is 17.4 Å². The first-order valence-corrected chi connectivity index (χ1v) is 7.64. The Labute approximate surface area is 149 Å². The van der Waals surface area contributed by atoms with Crippen LogP contribution in [-0.4, -0.2) is 25.1 Å². The molecule has 0 fully saturated rings. The molecule has 0 bridgehead atoms. The van der Waals surface area contributed by atoms with Crippen LogP contribution in [0.1, 0.15) is 0 Å². The Morgan fingerprint density at radius 2 is 1.96 bits per heavy atom. The molecular weight excluding hydrogens is 366 g/mol. The second-order valence-electron chi connectivity index (χ2n) is 5.25. The van der Waals surface area contributed by atoms with E-state index in [1.165, 1.54) is 12.4 Å². The third-order valence-corrected chi connectivity index (χ3v) is 3.83. The average molecular weight is 375 g/mol. The SMILES string of the molecule is Nc1cc(-c2[nH]nc3nc(Oc4ccc(F)cc4F)ncc23)c(Cl)cn1. The van der Waals surface area contributed by atoms with Gasteiger partial charge in [-0.05, 0) is 18.2 Å². The predicted octanol–water partition coefficient (Wildman–Crippen LogP) is 3.72. The molecule has 0 unspecified atom stereocenters. The van der Waals surface area contributed by atoms with Gasteiger partial charge in [-0.3, -0.25) is 5.10 Å². The molecule has 0 atom stereocenters. The summed E-state index contributed by atoms with van der Waals surface area (Å²) < 4.78 is 31.9. The second kappa shape index (κ2) is 6.19. The molecule has 0 amide bonds. The molecule has 3 N–H and O–H groups in total. The van der Waals surface area contributed by atoms with E-state index >= 15 is 0 Å². The Kier molecular flexibility index (Phi) is 3.85. The normalized spacial score (nSPS) is 11.0. The number of hydrogen-bond donors (Lipinski definition) is 2. The molecule has 26 heavy (non-hydrogen) atoms. The van der Waals surface area contributed by atoms with Gasteiger partial charge in [0.25, 0.3) is 0 Å². The van der Waals surface area contributed by atoms with Gasteiger partial charge in [-0.1, -0.05) is 11.6 Å². The van der Waals surface area contributed by atoms with E-state index < -0.39 is 11.6 Å². The van der Waals surface area contributed by atoms with Crippen LogP contribution in [0.2, 0.25) is 5.02 Å². The highest BCUT2D eigenvalue weighted by Gasteiger charge is 2.15. The Morgan fingerprint density at radius 3 is 2.77 bits per heavy atom. The lowest BCUT2D eigenvalue weighted by Crippen LogP contribution is -1.95. The minimum atomic E-state index is -0.865. The highest BCUT2D eigenvalue weighted by molar-refractivity contribution is 6.33. The molecule has 0 aliphatic carbocycles. The van der Waals surface area contributed by atoms with Crippen molar-refractivity contribution in [3.8, 4) is 23.0 Å². The molecule has 3 heterocycles. The van der Waals surface area contributed by atoms with Crippen molar-refractivity contribution in [2.24, 2.45) is 0 Å². The number of halogens is 3. The van der Waals surface area contributed by atoms with Gasteiger partial charge in [-0.2, -0.15) is 10.1 Å². The summed E-state index contributed by atoms with van der Waals surface area (Å²) in [6.07, 6.45) is 2.87. The van der Waals surface area contributed by atoms with E-state index in [1.54, 1.807) is 6.07 Å². The Balaban J connectivity index is 1.72. The summed E-state index contributed by atoms with van der Waals surface area (Å²) in [5.41, 5.74) is 7.11. The lowest BCUT2D eigenvalue weighted by Gasteiger charge is -2.05. The molecular formula is C16H9ClF2N6O. The van der Waals surface area contributed by atoms with Crippen LogP contribution in [0, 0.1) is 11.6 Å². The number of nitrogens with zero attached hydrogens (tertiary/aromatic N) is 4. The summed E-state index contributed by atoms with van der Waals surface area (Å²) in [5, 5.41) is 7.82. The number of rotatable bonds is 3. The van der Waals surface area contributed by atoms with Crippen molar-refractivity contribution in [2.75, 3.05) is 5.73 Å². The molecule has 130 valence electrons. The third kappa shape index (κ3) is 2.88. The standard InChI is InChI=1S/C16H9ClF2N6O/c17-10-6-21-13(20)4-8(10)14-9-5-22-16(23-15(9)25-24-14)26-12-2-1-7(18)3-11(12)19/h1-6H,(H2,20,21)(H,22,23,24,25). The zero-order valence-corrected chi connectivity index (χ0v) is 13.6. The highest BCUT2D eigenvalue weighted by atomic mass is 35.5. The molecule has 10 heteroatoms. The number of fused-ring (bicyclic) bond motifs is 1. The molecule has 0 radical (unpaired) electrons. The fourth-order valence-corrected chi connectivity index (χ4v) is 2.54. The van der Waals surface area contributed by atoms with Crippen LogP contribution in [0.15, 0.2) is 36.7 Å². The quantitative estimate of drug-likeness (QED) is 0.566. The van der Waals surface area contributed by atoms with Gasteiger partial charge in [0, 0.05) is 24.0 Å². The molecule has 0 aliphatic rings. The molecule has 7 nitrogen and oxygen atoms in total. The van der Waals surface area contributed by atoms with Crippen molar-refractivity contribution in [3.05, 3.63) is 53.3 Å². The molecule has 4 aromatic rings. The number of aromatic nitrogens is 5. The van der Waals surface area contributed by atoms with Crippen molar-refractivity contribution in [2.45, 2.75) is 0 Å². The molecule has 0 saturated carbocycles. The van der Waals surface area contributed by atoms with Gasteiger partial charge in [0.1, 0.15) is 11.6 Å². The summed E-state index contributed by atoms with van der Waals surface area (Å²) in [6.45, 7) is 0. The molecule has 4 rings (SSSR count). The first kappa shape index (κ1) is 16.2. The summed E-state index contributed by atoms with van der Waals surface area (Å²) >= 11 is 6.15. The predicted molar refractivity (Wildman–Crippen MR) is 90.8 cm³/mol. The van der Waals surface area contributed by atoms with Crippen molar-refractivity contribution in [1.82, 2.24) is 25.1 Å². The van der Waals surface area contributed by atoms with Gasteiger partial charge in [0.05, 0.1) is 16.1 Å². The lowest BCUT2D eigenvalue weighted by atomic mass is 10.1. The van der Waals surface area contributed by atoms with Gasteiger partial charge >= 0.3 is 6.01 Å². The van der Waals surface area contributed by atoms with Crippen LogP contribution in [0.3, 0.4) is 0 Å². The minimum Gasteiger partial charge on any atom is -0.421 e. The van der Waals surface area contributed by atoms with Crippen LogP contribution in [0.25, 0.3) is 22.3 Å². The zero-order chi connectivity index (χ0) is 18.3. The third-order valence-electron chi connectivity index (χ3n) is 3.53. The Bertz CT molecular complexity index is 1130. The van der Waals surface area contributed by atoms with Gasteiger partial charge in [-0.25, -0.2) is 18.7 Å². The Morgan fingerprint density at radius 1 is 1.12 bits per heavy atom. The smallest absolute Gasteiger partial charge is 0.324 e. The van der Waals surface area contributed by atoms with Crippen molar-refractivity contribution in [3.63, 3.8) is 0 Å². The number of nitrogens with two attached hydrogens (primary N) is 1. The maximum absolute atomic E-state index is 13.7. The fourth-order valence-electron chi connectivity index (χ4n) is 2.35. The summed E-state index contributed by atoms with van der Waals surface area (Å²) in [5.74, 6) is -1.49. The van der Waals surface area contributed by atoms with Crippen LogP contribution in [0.4, 0.5) is 14.6 Å². The topological polar surface area (TPSA) is 103 Å². The number of benzene rings is 1. The summed E-state index contributed by atoms with van der Waals surface area (Å²) in [7, 11) is 0. The van der Waals surface area contributed by atoms with Crippen LogP contribution in [-0.2, 0) is 0 Å². The van der Waals surface area contributed by atoms with E-state index in [1.807, 2.05) is 0 Å². The van der Waals surface area contributed by atoms with Gasteiger partial charge in [0.2, 0.25) is 0 Å². The number of aromatic amines is 1. The first-order chi connectivity index (χ1) is 12.5. The summed E-state index contributed by atoms with van der Waals surface area (Å²) in [6, 6.07) is 4.37. The number of ether oxygens (including phenoxy) is 1. The monoisotopic (exact) mass is 374 g/mol. The van der Waals surface area contributed by atoms with Crippen molar-refractivity contribution < 1.29 is 13.5 Å². The van der Waals surface area contributed by atoms with E-state index in [9.17, 15) is 8.78 Å². The van der Waals surface area contributed by atoms with Crippen molar-refractivity contribution >= 4 is 28.5 Å². The second-order valence-corrected chi connectivity index (χ2v) is 5.66. The van der Waals surface area contributed by atoms with Crippen LogP contribution >= 0.6 is 11.6 Å². The average Bonchev–Trinajstić information content (AvgIpc) is 3.02. The maximum Gasteiger partial charge on any atom is 0.324 e. The zero-order valence-electron chi connectivity index (χ0n) is 12.9. The highest BCUT2D eigenvalue weighted by Crippen LogP contribution is 2.32. The van der Waals surface area contributed by atoms with Crippen molar-refractivity contribution in [1.29, 1.82) is 0 Å². The van der Waals surface area contributed by atoms with E-state index in [0.717, 1.165) is 12.1 Å². The molecule has 3 aromatic heterocycles. The number of pyridine rings is 1. The van der Waals surface area contributed by atoms with E-state index in [0.29, 0.717) is 33.6 Å². The molecule has 0 aliphatic heterocycles. The van der Waals surface area contributed by atoms with E-state index in [2.05, 4.69) is 25.1 Å². The molecule has 0 spiro atoms. The molecule has 1 aromatic carbocycles. The Hall–Kier alpha value is -3.33. The maximum atomic E-state index is 13.7. The van der Waals surface area contributed by atoms with E-state index in [4.69, 9.17) is 22.1 Å². The van der Waals surface area contributed by atoms with Gasteiger partial charge in [0.15, 0.2) is 17.2 Å². The van der Waals surface area contributed by atoms with Gasteiger partial charge in [-0.15, -0.1) is 0 Å². The number of anilines is 1. The number of nitrogens with one attached hydrogen (secondary N) is 1. The fraction of sp³-hybridized carbons (Fsp3) is 0. The van der Waals surface area contributed by atoms with Crippen LogP contribution < -0.4 is 10.5 Å². The summed E-state index contributed by atoms with van der Waals surface area (Å²) in [4.78, 5) is 12.0. The minimum absolute atomic E-state index is 0.138.